The van der Waals surface area contributed by atoms with Crippen molar-refractivity contribution in [3.63, 3.8) is 0 Å². The summed E-state index contributed by atoms with van der Waals surface area (Å²) < 4.78 is 0. The molecular weight excluding hydrogens is 142 g/mol. The Morgan fingerprint density at radius 1 is 1.18 bits per heavy atom. The largest absolute Gasteiger partial charge is 0.323 e. The molecule has 0 saturated carbocycles. The first kappa shape index (κ1) is 6.37. The van der Waals surface area contributed by atoms with Crippen molar-refractivity contribution in [3.05, 3.63) is 35.9 Å². The smallest absolute Gasteiger partial charge is 0.222 e. The van der Waals surface area contributed by atoms with Crippen molar-refractivity contribution >= 4 is 6.40 Å². The number of hydrogen-bond acceptors (Lipinski definition) is 3. The fourth-order valence-corrected chi connectivity index (χ4v) is 0.942. The van der Waals surface area contributed by atoms with Gasteiger partial charge in [0, 0.05) is 5.56 Å². The first-order valence-corrected chi connectivity index (χ1v) is 3.35. The number of hydrogen-bond donors (Lipinski definition) is 0. The van der Waals surface area contributed by atoms with Gasteiger partial charge < -0.3 is 4.89 Å². The molecule has 0 bridgehead atoms. The minimum absolute atomic E-state index is 0.281. The van der Waals surface area contributed by atoms with Crippen LogP contribution in [0.1, 0.15) is 11.8 Å². The standard InChI is InChI=1S/C8H7NO2/c1-2-4-7(5-3-1)8-9-6-10-11-8/h1-6,8H. The van der Waals surface area contributed by atoms with Crippen LogP contribution in [-0.4, -0.2) is 6.40 Å². The van der Waals surface area contributed by atoms with Gasteiger partial charge in [-0.2, -0.15) is 4.89 Å². The van der Waals surface area contributed by atoms with Crippen LogP contribution < -0.4 is 0 Å². The van der Waals surface area contributed by atoms with Crippen LogP contribution >= 0.6 is 0 Å². The molecule has 1 aromatic carbocycles. The molecule has 3 nitrogen and oxygen atoms in total. The Kier molecular flexibility index (Phi) is 1.57. The first-order chi connectivity index (χ1) is 5.47. The van der Waals surface area contributed by atoms with Crippen LogP contribution in [0.2, 0.25) is 0 Å². The van der Waals surface area contributed by atoms with Gasteiger partial charge in [-0.05, 0) is 0 Å². The van der Waals surface area contributed by atoms with Gasteiger partial charge in [0.05, 0.1) is 0 Å². The highest BCUT2D eigenvalue weighted by atomic mass is 17.2. The molecule has 0 N–H and O–H groups in total. The van der Waals surface area contributed by atoms with Crippen LogP contribution in [0.25, 0.3) is 0 Å². The van der Waals surface area contributed by atoms with E-state index in [1.807, 2.05) is 30.3 Å². The fourth-order valence-electron chi connectivity index (χ4n) is 0.942. The van der Waals surface area contributed by atoms with E-state index in [0.29, 0.717) is 0 Å². The van der Waals surface area contributed by atoms with Gasteiger partial charge >= 0.3 is 0 Å². The van der Waals surface area contributed by atoms with Gasteiger partial charge in [0.1, 0.15) is 0 Å². The highest BCUT2D eigenvalue weighted by molar-refractivity contribution is 5.47. The van der Waals surface area contributed by atoms with Gasteiger partial charge in [-0.1, -0.05) is 30.3 Å². The molecule has 0 aromatic heterocycles. The maximum absolute atomic E-state index is 4.82. The lowest BCUT2D eigenvalue weighted by Gasteiger charge is -2.02. The molecule has 1 atom stereocenters. The molecule has 3 heteroatoms. The lowest BCUT2D eigenvalue weighted by Crippen LogP contribution is -1.93. The van der Waals surface area contributed by atoms with Gasteiger partial charge in [-0.3, -0.25) is 0 Å². The summed E-state index contributed by atoms with van der Waals surface area (Å²) in [4.78, 5) is 13.3. The minimum Gasteiger partial charge on any atom is -0.323 e. The number of rotatable bonds is 1. The quantitative estimate of drug-likeness (QED) is 0.569. The van der Waals surface area contributed by atoms with Crippen molar-refractivity contribution in [3.8, 4) is 0 Å². The second-order valence-corrected chi connectivity index (χ2v) is 2.21. The number of benzene rings is 1. The van der Waals surface area contributed by atoms with Crippen LogP contribution in [0.3, 0.4) is 0 Å². The van der Waals surface area contributed by atoms with Crippen LogP contribution in [0.5, 0.6) is 0 Å². The zero-order valence-corrected chi connectivity index (χ0v) is 5.81. The van der Waals surface area contributed by atoms with Gasteiger partial charge in [0.15, 0.2) is 0 Å². The van der Waals surface area contributed by atoms with Crippen LogP contribution in [0.15, 0.2) is 35.3 Å². The number of nitrogens with zero attached hydrogens (tertiary/aromatic N) is 1. The van der Waals surface area contributed by atoms with E-state index in [-0.39, 0.29) is 6.23 Å². The SMILES string of the molecule is C1=NC(c2ccccc2)OO1. The van der Waals surface area contributed by atoms with Crippen LogP contribution in [0.4, 0.5) is 0 Å². The van der Waals surface area contributed by atoms with E-state index in [9.17, 15) is 0 Å². The van der Waals surface area contributed by atoms with E-state index < -0.39 is 0 Å². The van der Waals surface area contributed by atoms with Crippen LogP contribution in [0, 0.1) is 0 Å². The Bertz CT molecular complexity index is 258. The van der Waals surface area contributed by atoms with Gasteiger partial charge in [-0.15, -0.1) is 0 Å². The molecule has 1 unspecified atom stereocenters. The normalized spacial score (nSPS) is 21.6. The molecule has 11 heavy (non-hydrogen) atoms. The molecule has 0 aliphatic carbocycles. The second kappa shape index (κ2) is 2.72. The molecule has 0 saturated heterocycles. The molecule has 0 fully saturated rings. The zero-order chi connectivity index (χ0) is 7.52. The molecule has 0 radical (unpaired) electrons. The summed E-state index contributed by atoms with van der Waals surface area (Å²) in [6.07, 6.45) is 1.02. The monoisotopic (exact) mass is 149 g/mol. The third-order valence-electron chi connectivity index (χ3n) is 1.47. The molecule has 2 rings (SSSR count). The zero-order valence-electron chi connectivity index (χ0n) is 5.81. The molecule has 1 aliphatic rings. The summed E-state index contributed by atoms with van der Waals surface area (Å²) in [6.45, 7) is 0. The van der Waals surface area contributed by atoms with E-state index in [1.165, 1.54) is 6.40 Å². The van der Waals surface area contributed by atoms with Crippen molar-refractivity contribution < 1.29 is 9.78 Å². The predicted molar refractivity (Wildman–Crippen MR) is 39.8 cm³/mol. The summed E-state index contributed by atoms with van der Waals surface area (Å²) in [6, 6.07) is 9.70. The van der Waals surface area contributed by atoms with Crippen molar-refractivity contribution in [1.82, 2.24) is 0 Å². The van der Waals surface area contributed by atoms with E-state index in [1.54, 1.807) is 0 Å². The third kappa shape index (κ3) is 1.23. The van der Waals surface area contributed by atoms with E-state index >= 15 is 0 Å². The summed E-state index contributed by atoms with van der Waals surface area (Å²) >= 11 is 0. The lowest BCUT2D eigenvalue weighted by atomic mass is 10.2. The fraction of sp³-hybridized carbons (Fsp3) is 0.125. The van der Waals surface area contributed by atoms with Crippen LogP contribution in [-0.2, 0) is 9.78 Å². The summed E-state index contributed by atoms with van der Waals surface area (Å²) in [5.74, 6) is 0. The first-order valence-electron chi connectivity index (χ1n) is 3.35. The Morgan fingerprint density at radius 3 is 2.64 bits per heavy atom. The summed E-state index contributed by atoms with van der Waals surface area (Å²) in [5.41, 5.74) is 1.00. The average molecular weight is 149 g/mol. The maximum Gasteiger partial charge on any atom is 0.222 e. The summed E-state index contributed by atoms with van der Waals surface area (Å²) in [5, 5.41) is 0. The number of aliphatic imine (C=N–C) groups is 1. The third-order valence-corrected chi connectivity index (χ3v) is 1.47. The average Bonchev–Trinajstić information content (AvgIpc) is 2.58. The van der Waals surface area contributed by atoms with E-state index in [4.69, 9.17) is 4.89 Å². The molecule has 56 valence electrons. The van der Waals surface area contributed by atoms with E-state index in [2.05, 4.69) is 9.88 Å². The molecule has 1 aromatic rings. The molecule has 1 aliphatic heterocycles. The van der Waals surface area contributed by atoms with Crippen molar-refractivity contribution in [2.75, 3.05) is 0 Å². The topological polar surface area (TPSA) is 30.8 Å². The molecular formula is C8H7NO2. The van der Waals surface area contributed by atoms with Gasteiger partial charge in [0.2, 0.25) is 12.6 Å². The highest BCUT2D eigenvalue weighted by Gasteiger charge is 2.14. The Labute approximate surface area is 64.2 Å². The Morgan fingerprint density at radius 2 is 2.00 bits per heavy atom. The molecule has 1 heterocycles. The molecule has 0 spiro atoms. The van der Waals surface area contributed by atoms with Crippen molar-refractivity contribution in [2.24, 2.45) is 4.99 Å². The maximum atomic E-state index is 4.82. The highest BCUT2D eigenvalue weighted by Crippen LogP contribution is 2.20. The van der Waals surface area contributed by atoms with Gasteiger partial charge in [-0.25, -0.2) is 4.99 Å². The van der Waals surface area contributed by atoms with Crippen molar-refractivity contribution in [1.29, 1.82) is 0 Å². The Balaban J connectivity index is 2.23. The summed E-state index contributed by atoms with van der Waals surface area (Å²) in [7, 11) is 0. The van der Waals surface area contributed by atoms with E-state index in [0.717, 1.165) is 5.56 Å². The minimum atomic E-state index is -0.281. The Hall–Kier alpha value is -1.35. The lowest BCUT2D eigenvalue weighted by molar-refractivity contribution is -0.234. The molecule has 0 amide bonds. The van der Waals surface area contributed by atoms with Crippen molar-refractivity contribution in [2.45, 2.75) is 6.23 Å². The second-order valence-electron chi connectivity index (χ2n) is 2.21. The predicted octanol–water partition coefficient (Wildman–Crippen LogP) is 1.68. The van der Waals surface area contributed by atoms with Gasteiger partial charge in [0.25, 0.3) is 0 Å².